The highest BCUT2D eigenvalue weighted by molar-refractivity contribution is 7.99. The second-order valence-corrected chi connectivity index (χ2v) is 8.17. The van der Waals surface area contributed by atoms with Gasteiger partial charge in [0.25, 0.3) is 0 Å². The van der Waals surface area contributed by atoms with Gasteiger partial charge in [-0.3, -0.25) is 9.59 Å². The van der Waals surface area contributed by atoms with Crippen molar-refractivity contribution in [3.8, 4) is 11.5 Å². The quantitative estimate of drug-likeness (QED) is 0.781. The summed E-state index contributed by atoms with van der Waals surface area (Å²) in [5.41, 5.74) is 0.882. The third kappa shape index (κ3) is 4.18. The van der Waals surface area contributed by atoms with E-state index >= 15 is 0 Å². The number of aromatic nitrogens is 1. The molecule has 0 aliphatic carbocycles. The van der Waals surface area contributed by atoms with Crippen LogP contribution >= 0.6 is 11.8 Å². The second kappa shape index (κ2) is 8.17. The average Bonchev–Trinajstić information content (AvgIpc) is 3.30. The minimum absolute atomic E-state index is 0.00742. The van der Waals surface area contributed by atoms with Gasteiger partial charge in [0.15, 0.2) is 0 Å². The number of carbonyl (C=O) groups is 2. The lowest BCUT2D eigenvalue weighted by molar-refractivity contribution is -0.151. The topological polar surface area (TPSA) is 83.6 Å². The number of carbonyl (C=O) groups excluding carboxylic acids is 1. The zero-order valence-electron chi connectivity index (χ0n) is 15.6. The van der Waals surface area contributed by atoms with E-state index in [4.69, 9.17) is 4.42 Å². The normalized spacial score (nSPS) is 19.6. The molecule has 2 aromatic rings. The fourth-order valence-electron chi connectivity index (χ4n) is 3.36. The zero-order valence-corrected chi connectivity index (χ0v) is 16.4. The molecule has 6 nitrogen and oxygen atoms in total. The van der Waals surface area contributed by atoms with Crippen molar-refractivity contribution in [2.24, 2.45) is 11.3 Å². The van der Waals surface area contributed by atoms with E-state index in [-0.39, 0.29) is 11.8 Å². The molecule has 27 heavy (non-hydrogen) atoms. The van der Waals surface area contributed by atoms with Gasteiger partial charge in [-0.05, 0) is 24.5 Å². The average molecular weight is 388 g/mol. The van der Waals surface area contributed by atoms with Crippen molar-refractivity contribution in [1.29, 1.82) is 0 Å². The van der Waals surface area contributed by atoms with Crippen LogP contribution in [-0.2, 0) is 15.3 Å². The van der Waals surface area contributed by atoms with Crippen molar-refractivity contribution in [1.82, 2.24) is 9.88 Å². The largest absolute Gasteiger partial charge is 0.481 e. The van der Waals surface area contributed by atoms with Gasteiger partial charge in [-0.2, -0.15) is 0 Å². The highest BCUT2D eigenvalue weighted by Crippen LogP contribution is 2.38. The molecule has 1 aliphatic heterocycles. The number of nitrogens with zero attached hydrogens (tertiary/aromatic N) is 2. The lowest BCUT2D eigenvalue weighted by Crippen LogP contribution is -2.41. The Balaban J connectivity index is 1.51. The van der Waals surface area contributed by atoms with Crippen LogP contribution in [0.2, 0.25) is 0 Å². The minimum Gasteiger partial charge on any atom is -0.481 e. The predicted molar refractivity (Wildman–Crippen MR) is 104 cm³/mol. The van der Waals surface area contributed by atoms with Gasteiger partial charge in [-0.15, -0.1) is 11.8 Å². The lowest BCUT2D eigenvalue weighted by atomic mass is 9.76. The van der Waals surface area contributed by atoms with Gasteiger partial charge >= 0.3 is 5.97 Å². The Morgan fingerprint density at radius 2 is 2.07 bits per heavy atom. The molecule has 2 heterocycles. The maximum atomic E-state index is 12.5. The molecular formula is C20H24N2O4S. The lowest BCUT2D eigenvalue weighted by Gasteiger charge is -2.28. The number of hydrogen-bond acceptors (Lipinski definition) is 5. The molecule has 1 amide bonds. The first-order chi connectivity index (χ1) is 12.9. The smallest absolute Gasteiger partial charge is 0.311 e. The van der Waals surface area contributed by atoms with E-state index in [1.807, 2.05) is 44.2 Å². The standard InChI is InChI=1S/C20H24N2O4S/c1-14(2)20(19(24)25)8-9-22(13-20)17(23)12-27-11-16-10-26-18(21-16)15-6-4-3-5-7-15/h3-7,10,14H,8-9,11-13H2,1-2H3,(H,24,25). The Hall–Kier alpha value is -2.28. The minimum atomic E-state index is -0.822. The molecule has 1 aromatic heterocycles. The monoisotopic (exact) mass is 388 g/mol. The molecule has 3 rings (SSSR count). The summed E-state index contributed by atoms with van der Waals surface area (Å²) in [6.45, 7) is 4.62. The molecule has 144 valence electrons. The summed E-state index contributed by atoms with van der Waals surface area (Å²) in [6, 6.07) is 9.66. The molecule has 0 saturated carbocycles. The Bertz CT molecular complexity index is 805. The summed E-state index contributed by atoms with van der Waals surface area (Å²) in [4.78, 5) is 30.3. The van der Waals surface area contributed by atoms with Crippen LogP contribution in [0.1, 0.15) is 26.0 Å². The van der Waals surface area contributed by atoms with Crippen molar-refractivity contribution in [2.75, 3.05) is 18.8 Å². The highest BCUT2D eigenvalue weighted by atomic mass is 32.2. The molecule has 1 unspecified atom stereocenters. The van der Waals surface area contributed by atoms with Gasteiger partial charge < -0.3 is 14.4 Å². The van der Waals surface area contributed by atoms with Gasteiger partial charge in [0, 0.05) is 24.4 Å². The number of aliphatic carboxylic acids is 1. The van der Waals surface area contributed by atoms with Crippen LogP contribution in [0.15, 0.2) is 41.0 Å². The molecule has 0 bridgehead atoms. The fourth-order valence-corrected chi connectivity index (χ4v) is 4.16. The molecule has 1 N–H and O–H groups in total. The fraction of sp³-hybridized carbons (Fsp3) is 0.450. The van der Waals surface area contributed by atoms with Gasteiger partial charge in [0.2, 0.25) is 11.8 Å². The first kappa shape index (κ1) is 19.5. The maximum Gasteiger partial charge on any atom is 0.311 e. The van der Waals surface area contributed by atoms with E-state index in [0.717, 1.165) is 11.3 Å². The predicted octanol–water partition coefficient (Wildman–Crippen LogP) is 3.53. The van der Waals surface area contributed by atoms with Crippen molar-refractivity contribution >= 4 is 23.6 Å². The Morgan fingerprint density at radius 3 is 2.70 bits per heavy atom. The number of carboxylic acids is 1. The Morgan fingerprint density at radius 1 is 1.33 bits per heavy atom. The van der Waals surface area contributed by atoms with Gasteiger partial charge in [-0.1, -0.05) is 32.0 Å². The Kier molecular flexibility index (Phi) is 5.89. The van der Waals surface area contributed by atoms with Crippen molar-refractivity contribution < 1.29 is 19.1 Å². The summed E-state index contributed by atoms with van der Waals surface area (Å²) in [7, 11) is 0. The van der Waals surface area contributed by atoms with E-state index in [1.54, 1.807) is 11.2 Å². The molecule has 0 radical (unpaired) electrons. The van der Waals surface area contributed by atoms with Crippen LogP contribution in [0, 0.1) is 11.3 Å². The van der Waals surface area contributed by atoms with Crippen LogP contribution in [-0.4, -0.2) is 45.7 Å². The summed E-state index contributed by atoms with van der Waals surface area (Å²) in [5.74, 6) is 0.616. The molecule has 1 aliphatic rings. The number of benzene rings is 1. The molecule has 1 atom stereocenters. The van der Waals surface area contributed by atoms with E-state index in [1.165, 1.54) is 11.8 Å². The van der Waals surface area contributed by atoms with Crippen molar-refractivity contribution in [2.45, 2.75) is 26.0 Å². The number of likely N-dealkylation sites (tertiary alicyclic amines) is 1. The number of carboxylic acid groups (broad SMARTS) is 1. The third-order valence-corrected chi connectivity index (χ3v) is 6.18. The maximum absolute atomic E-state index is 12.5. The summed E-state index contributed by atoms with van der Waals surface area (Å²) in [6.07, 6.45) is 2.13. The molecule has 1 aromatic carbocycles. The zero-order chi connectivity index (χ0) is 19.4. The molecule has 1 fully saturated rings. The van der Waals surface area contributed by atoms with E-state index in [0.29, 0.717) is 36.9 Å². The van der Waals surface area contributed by atoms with Crippen molar-refractivity contribution in [3.05, 3.63) is 42.3 Å². The first-order valence-corrected chi connectivity index (χ1v) is 10.2. The molecule has 1 saturated heterocycles. The highest BCUT2D eigenvalue weighted by Gasteiger charge is 2.48. The summed E-state index contributed by atoms with van der Waals surface area (Å²) >= 11 is 1.47. The molecular weight excluding hydrogens is 364 g/mol. The van der Waals surface area contributed by atoms with E-state index in [9.17, 15) is 14.7 Å². The molecule has 0 spiro atoms. The van der Waals surface area contributed by atoms with E-state index < -0.39 is 11.4 Å². The number of oxazole rings is 1. The SMILES string of the molecule is CC(C)C1(C(=O)O)CCN(C(=O)CSCc2coc(-c3ccccc3)n2)C1. The number of hydrogen-bond donors (Lipinski definition) is 1. The van der Waals surface area contributed by atoms with Gasteiger partial charge in [0.05, 0.1) is 16.9 Å². The number of rotatable bonds is 7. The third-order valence-electron chi connectivity index (χ3n) is 5.23. The van der Waals surface area contributed by atoms with Crippen LogP contribution in [0.4, 0.5) is 0 Å². The van der Waals surface area contributed by atoms with Crippen LogP contribution in [0.5, 0.6) is 0 Å². The van der Waals surface area contributed by atoms with E-state index in [2.05, 4.69) is 4.98 Å². The Labute approximate surface area is 163 Å². The van der Waals surface area contributed by atoms with Gasteiger partial charge in [0.1, 0.15) is 6.26 Å². The van der Waals surface area contributed by atoms with Crippen LogP contribution in [0.25, 0.3) is 11.5 Å². The second-order valence-electron chi connectivity index (χ2n) is 7.18. The number of thioether (sulfide) groups is 1. The molecule has 7 heteroatoms. The number of amides is 1. The van der Waals surface area contributed by atoms with Crippen molar-refractivity contribution in [3.63, 3.8) is 0 Å². The summed E-state index contributed by atoms with van der Waals surface area (Å²) < 4.78 is 5.50. The van der Waals surface area contributed by atoms with Crippen LogP contribution < -0.4 is 0 Å². The first-order valence-electron chi connectivity index (χ1n) is 9.01. The van der Waals surface area contributed by atoms with Gasteiger partial charge in [-0.25, -0.2) is 4.98 Å². The summed E-state index contributed by atoms with van der Waals surface area (Å²) in [5, 5.41) is 9.59. The van der Waals surface area contributed by atoms with Crippen LogP contribution in [0.3, 0.4) is 0 Å².